The van der Waals surface area contributed by atoms with E-state index >= 15 is 0 Å². The first-order valence-corrected chi connectivity index (χ1v) is 10.1. The Bertz CT molecular complexity index is 892. The Morgan fingerprint density at radius 3 is 2.81 bits per heavy atom. The highest BCUT2D eigenvalue weighted by Crippen LogP contribution is 2.54. The van der Waals surface area contributed by atoms with Gasteiger partial charge in [0.2, 0.25) is 11.8 Å². The van der Waals surface area contributed by atoms with Gasteiger partial charge in [0.15, 0.2) is 0 Å². The number of halogens is 1. The van der Waals surface area contributed by atoms with E-state index in [4.69, 9.17) is 16.3 Å². The highest BCUT2D eigenvalue weighted by molar-refractivity contribution is 8.00. The van der Waals surface area contributed by atoms with Crippen LogP contribution in [-0.2, 0) is 14.5 Å². The zero-order valence-electron chi connectivity index (χ0n) is 14.8. The lowest BCUT2D eigenvalue weighted by Gasteiger charge is -2.34. The van der Waals surface area contributed by atoms with E-state index in [1.54, 1.807) is 34.9 Å². The molecule has 2 aromatic carbocycles. The number of thioether (sulfide) groups is 1. The van der Waals surface area contributed by atoms with Gasteiger partial charge < -0.3 is 15.0 Å². The summed E-state index contributed by atoms with van der Waals surface area (Å²) in [6.45, 7) is 0. The van der Waals surface area contributed by atoms with Crippen LogP contribution >= 0.6 is 23.4 Å². The van der Waals surface area contributed by atoms with Crippen molar-refractivity contribution in [2.75, 3.05) is 18.2 Å². The van der Waals surface area contributed by atoms with Crippen molar-refractivity contribution in [2.45, 2.75) is 23.8 Å². The average Bonchev–Trinajstić information content (AvgIpc) is 3.22. The van der Waals surface area contributed by atoms with Crippen LogP contribution in [0.1, 0.15) is 18.4 Å². The molecule has 4 rings (SSSR count). The van der Waals surface area contributed by atoms with Crippen LogP contribution < -0.4 is 10.1 Å². The van der Waals surface area contributed by atoms with Crippen LogP contribution in [0.25, 0.3) is 0 Å². The largest absolute Gasteiger partial charge is 0.495 e. The molecular weight excluding hydrogens is 384 g/mol. The molecule has 5 nitrogen and oxygen atoms in total. The van der Waals surface area contributed by atoms with Crippen LogP contribution in [0.4, 0.5) is 5.69 Å². The molecule has 0 bridgehead atoms. The topological polar surface area (TPSA) is 58.6 Å². The van der Waals surface area contributed by atoms with E-state index in [1.165, 1.54) is 7.11 Å². The van der Waals surface area contributed by atoms with E-state index in [-0.39, 0.29) is 11.8 Å². The number of nitrogens with one attached hydrogen (secondary N) is 1. The van der Waals surface area contributed by atoms with Gasteiger partial charge in [0.25, 0.3) is 0 Å². The predicted octanol–water partition coefficient (Wildman–Crippen LogP) is 3.88. The highest BCUT2D eigenvalue weighted by Gasteiger charge is 2.56. The summed E-state index contributed by atoms with van der Waals surface area (Å²) in [6, 6.07) is 14.5. The lowest BCUT2D eigenvalue weighted by Crippen LogP contribution is -2.48. The van der Waals surface area contributed by atoms with Crippen molar-refractivity contribution in [3.63, 3.8) is 0 Å². The van der Waals surface area contributed by atoms with Gasteiger partial charge in [-0.3, -0.25) is 9.59 Å². The number of hydrogen-bond acceptors (Lipinski definition) is 4. The van der Waals surface area contributed by atoms with Crippen molar-refractivity contribution in [1.29, 1.82) is 0 Å². The van der Waals surface area contributed by atoms with Gasteiger partial charge in [0, 0.05) is 17.2 Å². The zero-order chi connectivity index (χ0) is 19.0. The summed E-state index contributed by atoms with van der Waals surface area (Å²) in [5.74, 6) is 0.869. The number of benzene rings is 2. The molecule has 2 heterocycles. The molecule has 2 amide bonds. The maximum atomic E-state index is 13.0. The van der Waals surface area contributed by atoms with Crippen molar-refractivity contribution >= 4 is 40.9 Å². The van der Waals surface area contributed by atoms with Gasteiger partial charge in [-0.1, -0.05) is 41.9 Å². The smallest absolute Gasteiger partial charge is 0.248 e. The van der Waals surface area contributed by atoms with Gasteiger partial charge in [-0.15, -0.1) is 11.8 Å². The molecule has 2 atom stereocenters. The van der Waals surface area contributed by atoms with E-state index < -0.39 is 10.9 Å². The molecule has 0 saturated carbocycles. The third-order valence-electron chi connectivity index (χ3n) is 5.07. The Hall–Kier alpha value is -2.18. The molecule has 2 saturated heterocycles. The van der Waals surface area contributed by atoms with Crippen LogP contribution in [0.2, 0.25) is 5.02 Å². The molecule has 0 unspecified atom stereocenters. The van der Waals surface area contributed by atoms with Gasteiger partial charge in [-0.25, -0.2) is 0 Å². The molecule has 2 aliphatic rings. The molecule has 0 spiro atoms. The van der Waals surface area contributed by atoms with Crippen molar-refractivity contribution < 1.29 is 14.3 Å². The number of ether oxygens (including phenoxy) is 1. The summed E-state index contributed by atoms with van der Waals surface area (Å²) in [7, 11) is 1.54. The number of nitrogens with zero attached hydrogens (tertiary/aromatic N) is 1. The summed E-state index contributed by atoms with van der Waals surface area (Å²) < 4.78 is 5.30. The summed E-state index contributed by atoms with van der Waals surface area (Å²) in [6.07, 6.45) is 1.16. The number of hydrogen-bond donors (Lipinski definition) is 1. The first-order valence-electron chi connectivity index (χ1n) is 8.71. The number of fused-ring (bicyclic) bond motifs is 1. The standard InChI is InChI=1S/C20H19ClN2O3S/c1-26-17-8-7-14(21)11-15(17)22-19(25)16-12-27-20(10-9-18(24)23(16)20)13-5-3-2-4-6-13/h2-8,11,16H,9-10,12H2,1H3,(H,22,25)/t16-,20-/m1/s1. The van der Waals surface area contributed by atoms with E-state index in [0.29, 0.717) is 35.1 Å². The Labute approximate surface area is 167 Å². The highest BCUT2D eigenvalue weighted by atomic mass is 35.5. The van der Waals surface area contributed by atoms with Gasteiger partial charge in [0.1, 0.15) is 16.7 Å². The summed E-state index contributed by atoms with van der Waals surface area (Å²) >= 11 is 7.72. The van der Waals surface area contributed by atoms with Gasteiger partial charge in [-0.2, -0.15) is 0 Å². The first-order chi connectivity index (χ1) is 13.0. The fraction of sp³-hybridized carbons (Fsp3) is 0.300. The first kappa shape index (κ1) is 18.2. The molecule has 2 fully saturated rings. The maximum Gasteiger partial charge on any atom is 0.248 e. The second-order valence-electron chi connectivity index (χ2n) is 6.57. The quantitative estimate of drug-likeness (QED) is 0.843. The number of rotatable bonds is 4. The summed E-state index contributed by atoms with van der Waals surface area (Å²) in [5.41, 5.74) is 1.57. The number of carbonyl (C=O) groups is 2. The maximum absolute atomic E-state index is 13.0. The van der Waals surface area contributed by atoms with Crippen molar-refractivity contribution in [3.05, 3.63) is 59.1 Å². The van der Waals surface area contributed by atoms with Gasteiger partial charge in [-0.05, 0) is 30.2 Å². The Morgan fingerprint density at radius 1 is 1.30 bits per heavy atom. The lowest BCUT2D eigenvalue weighted by atomic mass is 10.0. The second kappa shape index (κ2) is 7.09. The molecule has 2 aromatic rings. The van der Waals surface area contributed by atoms with E-state index in [2.05, 4.69) is 5.32 Å². The van der Waals surface area contributed by atoms with Crippen molar-refractivity contribution in [2.24, 2.45) is 0 Å². The number of anilines is 1. The predicted molar refractivity (Wildman–Crippen MR) is 107 cm³/mol. The fourth-order valence-electron chi connectivity index (χ4n) is 3.83. The van der Waals surface area contributed by atoms with E-state index in [1.807, 2.05) is 30.3 Å². The minimum absolute atomic E-state index is 0.0158. The third kappa shape index (κ3) is 3.07. The summed E-state index contributed by atoms with van der Waals surface area (Å²) in [5, 5.41) is 3.39. The minimum Gasteiger partial charge on any atom is -0.495 e. The SMILES string of the molecule is COc1ccc(Cl)cc1NC(=O)[C@H]1CS[C@@]2(c3ccccc3)CCC(=O)N12. The molecule has 0 aromatic heterocycles. The zero-order valence-corrected chi connectivity index (χ0v) is 16.3. The minimum atomic E-state index is -0.533. The third-order valence-corrected chi connectivity index (χ3v) is 6.91. The van der Waals surface area contributed by atoms with Crippen LogP contribution in [0.15, 0.2) is 48.5 Å². The molecular formula is C20H19ClN2O3S. The number of amides is 2. The fourth-order valence-corrected chi connectivity index (χ4v) is 5.65. The Balaban J connectivity index is 1.63. The molecule has 27 heavy (non-hydrogen) atoms. The molecule has 0 aliphatic carbocycles. The van der Waals surface area contributed by atoms with Crippen LogP contribution in [0.5, 0.6) is 5.75 Å². The normalized spacial score (nSPS) is 24.0. The number of carbonyl (C=O) groups excluding carboxylic acids is 2. The molecule has 1 N–H and O–H groups in total. The lowest BCUT2D eigenvalue weighted by molar-refractivity contribution is -0.136. The molecule has 7 heteroatoms. The van der Waals surface area contributed by atoms with Crippen LogP contribution in [0, 0.1) is 0 Å². The van der Waals surface area contributed by atoms with Crippen molar-refractivity contribution in [1.82, 2.24) is 4.90 Å². The summed E-state index contributed by atoms with van der Waals surface area (Å²) in [4.78, 5) is 27.0. The monoisotopic (exact) mass is 402 g/mol. The second-order valence-corrected chi connectivity index (χ2v) is 8.31. The Kier molecular flexibility index (Phi) is 4.78. The molecule has 2 aliphatic heterocycles. The average molecular weight is 403 g/mol. The molecule has 0 radical (unpaired) electrons. The van der Waals surface area contributed by atoms with Gasteiger partial charge >= 0.3 is 0 Å². The Morgan fingerprint density at radius 2 is 2.07 bits per heavy atom. The van der Waals surface area contributed by atoms with Crippen LogP contribution in [-0.4, -0.2) is 35.6 Å². The van der Waals surface area contributed by atoms with Crippen LogP contribution in [0.3, 0.4) is 0 Å². The van der Waals surface area contributed by atoms with Gasteiger partial charge in [0.05, 0.1) is 12.8 Å². The molecule has 140 valence electrons. The van der Waals surface area contributed by atoms with Crippen molar-refractivity contribution in [3.8, 4) is 5.75 Å². The van der Waals surface area contributed by atoms with E-state index in [9.17, 15) is 9.59 Å². The number of methoxy groups -OCH3 is 1. The van der Waals surface area contributed by atoms with E-state index in [0.717, 1.165) is 5.56 Å².